The Balaban J connectivity index is 1.78. The molecule has 0 radical (unpaired) electrons. The zero-order chi connectivity index (χ0) is 27.8. The molecule has 3 aromatic carbocycles. The van der Waals surface area contributed by atoms with Crippen molar-refractivity contribution in [2.75, 3.05) is 11.9 Å². The molecule has 0 saturated carbocycles. The summed E-state index contributed by atoms with van der Waals surface area (Å²) in [6.45, 7) is 10.9. The topological polar surface area (TPSA) is 77.8 Å². The van der Waals surface area contributed by atoms with E-state index in [1.54, 1.807) is 41.3 Å². The van der Waals surface area contributed by atoms with E-state index < -0.39 is 12.1 Å². The Bertz CT molecular complexity index is 1380. The largest absolute Gasteiger partial charge is 0.478 e. The Kier molecular flexibility index (Phi) is 7.35. The van der Waals surface area contributed by atoms with E-state index in [2.05, 4.69) is 33.8 Å². The van der Waals surface area contributed by atoms with Crippen molar-refractivity contribution < 1.29 is 19.8 Å². The normalized spacial score (nSPS) is 16.6. The van der Waals surface area contributed by atoms with Crippen LogP contribution in [0.15, 0.2) is 66.7 Å². The van der Waals surface area contributed by atoms with E-state index in [0.717, 1.165) is 40.8 Å². The van der Waals surface area contributed by atoms with E-state index in [1.807, 2.05) is 44.3 Å². The molecule has 0 spiro atoms. The molecule has 0 aromatic heterocycles. The monoisotopic (exact) mass is 511 g/mol. The van der Waals surface area contributed by atoms with Crippen LogP contribution in [0.4, 0.5) is 5.69 Å². The molecule has 1 aliphatic carbocycles. The average Bonchev–Trinajstić information content (AvgIpc) is 2.89. The van der Waals surface area contributed by atoms with Gasteiger partial charge in [-0.3, -0.25) is 4.79 Å². The van der Waals surface area contributed by atoms with Crippen molar-refractivity contribution >= 4 is 23.6 Å². The molecule has 1 aliphatic rings. The van der Waals surface area contributed by atoms with Gasteiger partial charge in [-0.1, -0.05) is 75.7 Å². The number of carboxylic acid groups (broad SMARTS) is 1. The van der Waals surface area contributed by atoms with Crippen LogP contribution in [0, 0.1) is 6.92 Å². The number of carbonyl (C=O) groups is 2. The Morgan fingerprint density at radius 2 is 1.47 bits per heavy atom. The number of aliphatic hydroxyl groups excluding tert-OH is 1. The van der Waals surface area contributed by atoms with Crippen molar-refractivity contribution in [3.63, 3.8) is 0 Å². The fourth-order valence-electron chi connectivity index (χ4n) is 5.26. The molecule has 0 heterocycles. The summed E-state index contributed by atoms with van der Waals surface area (Å²) in [6.07, 6.45) is 4.59. The molecular weight excluding hydrogens is 474 g/mol. The number of carbonyl (C=O) groups excluding carboxylic acids is 1. The standard InChI is InChI=1S/C33H37NO4/c1-21-7-12-23(13-8-21)30(36)34(6)27-20-25(19-26-29(27)33(4,5)18-17-32(26,2)3)28(35)16-11-22-9-14-24(15-10-22)31(37)38/h7-16,19-20,28,35H,17-18H2,1-6H3,(H,37,38). The first-order valence-electron chi connectivity index (χ1n) is 13.0. The van der Waals surface area contributed by atoms with E-state index in [-0.39, 0.29) is 22.3 Å². The molecule has 5 heteroatoms. The molecule has 0 bridgehead atoms. The summed E-state index contributed by atoms with van der Waals surface area (Å²) in [5.41, 5.74) is 6.32. The molecule has 5 nitrogen and oxygen atoms in total. The van der Waals surface area contributed by atoms with Gasteiger partial charge in [0.05, 0.1) is 11.7 Å². The number of aromatic carboxylic acids is 1. The van der Waals surface area contributed by atoms with Gasteiger partial charge in [0, 0.05) is 18.3 Å². The van der Waals surface area contributed by atoms with Crippen molar-refractivity contribution in [1.29, 1.82) is 0 Å². The molecular formula is C33H37NO4. The Hall–Kier alpha value is -3.70. The van der Waals surface area contributed by atoms with Gasteiger partial charge in [-0.15, -0.1) is 0 Å². The predicted octanol–water partition coefficient (Wildman–Crippen LogP) is 7.07. The lowest BCUT2D eigenvalue weighted by Gasteiger charge is -2.44. The van der Waals surface area contributed by atoms with Crippen molar-refractivity contribution in [3.8, 4) is 0 Å². The number of amides is 1. The average molecular weight is 512 g/mol. The van der Waals surface area contributed by atoms with E-state index >= 15 is 0 Å². The number of aryl methyl sites for hydroxylation is 1. The lowest BCUT2D eigenvalue weighted by molar-refractivity contribution is 0.0696. The maximum Gasteiger partial charge on any atom is 0.335 e. The minimum absolute atomic E-state index is 0.0907. The first-order chi connectivity index (χ1) is 17.8. The van der Waals surface area contributed by atoms with Crippen molar-refractivity contribution in [2.45, 2.75) is 64.4 Å². The van der Waals surface area contributed by atoms with Crippen LogP contribution in [0.25, 0.3) is 6.08 Å². The summed E-state index contributed by atoms with van der Waals surface area (Å²) in [5.74, 6) is -1.07. The minimum Gasteiger partial charge on any atom is -0.478 e. The first kappa shape index (κ1) is 27.3. The summed E-state index contributed by atoms with van der Waals surface area (Å²) in [6, 6.07) is 18.1. The van der Waals surface area contributed by atoms with Gasteiger partial charge in [0.15, 0.2) is 0 Å². The number of rotatable bonds is 6. The molecule has 3 aromatic rings. The van der Waals surface area contributed by atoms with Gasteiger partial charge in [-0.25, -0.2) is 4.79 Å². The van der Waals surface area contributed by atoms with Crippen LogP contribution in [-0.4, -0.2) is 29.1 Å². The van der Waals surface area contributed by atoms with Gasteiger partial charge >= 0.3 is 5.97 Å². The molecule has 1 atom stereocenters. The van der Waals surface area contributed by atoms with Gasteiger partial charge in [-0.05, 0) is 83.2 Å². The Morgan fingerprint density at radius 1 is 0.895 bits per heavy atom. The van der Waals surface area contributed by atoms with Crippen LogP contribution in [0.1, 0.15) is 95.2 Å². The summed E-state index contributed by atoms with van der Waals surface area (Å²) in [5, 5.41) is 20.4. The Labute approximate surface area is 225 Å². The van der Waals surface area contributed by atoms with Crippen LogP contribution in [0.3, 0.4) is 0 Å². The van der Waals surface area contributed by atoms with E-state index in [4.69, 9.17) is 5.11 Å². The molecule has 198 valence electrons. The molecule has 2 N–H and O–H groups in total. The number of aliphatic hydroxyl groups is 1. The smallest absolute Gasteiger partial charge is 0.335 e. The Morgan fingerprint density at radius 3 is 2.08 bits per heavy atom. The molecule has 0 saturated heterocycles. The van der Waals surface area contributed by atoms with Gasteiger partial charge in [0.2, 0.25) is 0 Å². The number of benzene rings is 3. The number of hydrogen-bond acceptors (Lipinski definition) is 3. The van der Waals surface area contributed by atoms with Crippen LogP contribution in [-0.2, 0) is 10.8 Å². The quantitative estimate of drug-likeness (QED) is 0.371. The molecule has 0 fully saturated rings. The summed E-state index contributed by atoms with van der Waals surface area (Å²) >= 11 is 0. The lowest BCUT2D eigenvalue weighted by atomic mass is 9.62. The van der Waals surface area contributed by atoms with Crippen LogP contribution in [0.2, 0.25) is 0 Å². The zero-order valence-electron chi connectivity index (χ0n) is 23.1. The third kappa shape index (κ3) is 5.44. The van der Waals surface area contributed by atoms with E-state index in [9.17, 15) is 14.7 Å². The molecule has 4 rings (SSSR count). The van der Waals surface area contributed by atoms with Crippen LogP contribution in [0.5, 0.6) is 0 Å². The molecule has 0 aliphatic heterocycles. The number of hydrogen-bond donors (Lipinski definition) is 2. The first-order valence-corrected chi connectivity index (χ1v) is 13.0. The number of anilines is 1. The van der Waals surface area contributed by atoms with Crippen molar-refractivity contribution in [1.82, 2.24) is 0 Å². The summed E-state index contributed by atoms with van der Waals surface area (Å²) in [7, 11) is 1.81. The van der Waals surface area contributed by atoms with Gasteiger partial charge < -0.3 is 15.1 Å². The predicted molar refractivity (Wildman–Crippen MR) is 153 cm³/mol. The molecule has 1 unspecified atom stereocenters. The second-order valence-corrected chi connectivity index (χ2v) is 11.7. The molecule has 1 amide bonds. The highest BCUT2D eigenvalue weighted by molar-refractivity contribution is 6.06. The van der Waals surface area contributed by atoms with E-state index in [1.165, 1.54) is 0 Å². The fraction of sp³-hybridized carbons (Fsp3) is 0.333. The van der Waals surface area contributed by atoms with Crippen LogP contribution >= 0.6 is 0 Å². The van der Waals surface area contributed by atoms with Gasteiger partial charge in [-0.2, -0.15) is 0 Å². The summed E-state index contributed by atoms with van der Waals surface area (Å²) < 4.78 is 0. The summed E-state index contributed by atoms with van der Waals surface area (Å²) in [4.78, 5) is 26.4. The van der Waals surface area contributed by atoms with Gasteiger partial charge in [0.25, 0.3) is 5.91 Å². The van der Waals surface area contributed by atoms with Crippen molar-refractivity contribution in [3.05, 3.63) is 106 Å². The van der Waals surface area contributed by atoms with E-state index in [0.29, 0.717) is 11.1 Å². The highest BCUT2D eigenvalue weighted by Gasteiger charge is 2.40. The maximum atomic E-state index is 13.6. The third-order valence-electron chi connectivity index (χ3n) is 7.86. The maximum absolute atomic E-state index is 13.6. The molecule has 38 heavy (non-hydrogen) atoms. The van der Waals surface area contributed by atoms with Crippen LogP contribution < -0.4 is 4.90 Å². The fourth-order valence-corrected chi connectivity index (χ4v) is 5.26. The lowest BCUT2D eigenvalue weighted by Crippen LogP contribution is -2.37. The number of carboxylic acids is 1. The second kappa shape index (κ2) is 10.2. The highest BCUT2D eigenvalue weighted by atomic mass is 16.4. The number of nitrogens with zero attached hydrogens (tertiary/aromatic N) is 1. The van der Waals surface area contributed by atoms with Crippen molar-refractivity contribution in [2.24, 2.45) is 0 Å². The minimum atomic E-state index is -0.975. The zero-order valence-corrected chi connectivity index (χ0v) is 23.1. The SMILES string of the molecule is Cc1ccc(C(=O)N(C)c2cc(C(O)C=Cc3ccc(C(=O)O)cc3)cc3c2C(C)(C)CCC3(C)C)cc1. The second-order valence-electron chi connectivity index (χ2n) is 11.7. The third-order valence-corrected chi connectivity index (χ3v) is 7.86. The number of fused-ring (bicyclic) bond motifs is 1. The van der Waals surface area contributed by atoms with Gasteiger partial charge in [0.1, 0.15) is 0 Å². The highest BCUT2D eigenvalue weighted by Crippen LogP contribution is 2.50.